The number of ether oxygens (including phenoxy) is 3. The Kier molecular flexibility index (Phi) is 7.13. The Labute approximate surface area is 255 Å². The van der Waals surface area contributed by atoms with Crippen LogP contribution in [0.25, 0.3) is 0 Å². The predicted molar refractivity (Wildman–Crippen MR) is 160 cm³/mol. The summed E-state index contributed by atoms with van der Waals surface area (Å²) in [6.07, 6.45) is 5.59. The van der Waals surface area contributed by atoms with Crippen LogP contribution in [-0.2, 0) is 19.1 Å². The van der Waals surface area contributed by atoms with Crippen LogP contribution in [-0.4, -0.2) is 65.7 Å². The van der Waals surface area contributed by atoms with Crippen molar-refractivity contribution in [1.29, 1.82) is 0 Å². The molecule has 2 saturated heterocycles. The highest BCUT2D eigenvalue weighted by Crippen LogP contribution is 2.55. The minimum absolute atomic E-state index is 0.00336. The van der Waals surface area contributed by atoms with Crippen LogP contribution in [0.3, 0.4) is 0 Å². The van der Waals surface area contributed by atoms with E-state index in [2.05, 4.69) is 24.5 Å². The number of para-hydroxylation sites is 2. The summed E-state index contributed by atoms with van der Waals surface area (Å²) in [5.41, 5.74) is -0.691. The van der Waals surface area contributed by atoms with Crippen molar-refractivity contribution in [2.45, 2.75) is 63.0 Å². The van der Waals surface area contributed by atoms with Crippen molar-refractivity contribution in [3.63, 3.8) is 0 Å². The average Bonchev–Trinajstić information content (AvgIpc) is 3.64. The summed E-state index contributed by atoms with van der Waals surface area (Å²) in [4.78, 5) is 43.9. The molecule has 226 valence electrons. The molecule has 43 heavy (non-hydrogen) atoms. The molecule has 0 aromatic heterocycles. The highest BCUT2D eigenvalue weighted by Gasteiger charge is 2.73. The van der Waals surface area contributed by atoms with Gasteiger partial charge in [-0.25, -0.2) is 0 Å². The SMILES string of the molecule is C[C@@H]1[C@H](C)CCC[C@@H]1NC(=O)[C@@H]1N(C[C@@H]2COc3ccccc3O2)C(=O)[C@H]2[C@@H](C(=O)Nc3ccc(Cl)cc3)[C@H]3C=C[C@@]12O3. The van der Waals surface area contributed by atoms with Crippen LogP contribution in [0, 0.1) is 23.7 Å². The van der Waals surface area contributed by atoms with Crippen LogP contribution in [0.2, 0.25) is 5.02 Å². The van der Waals surface area contributed by atoms with Gasteiger partial charge in [0.25, 0.3) is 0 Å². The third kappa shape index (κ3) is 4.77. The first-order chi connectivity index (χ1) is 20.7. The van der Waals surface area contributed by atoms with E-state index in [1.165, 1.54) is 0 Å². The zero-order valence-corrected chi connectivity index (χ0v) is 25.0. The molecular formula is C33H36ClN3O6. The Hall–Kier alpha value is -3.56. The molecule has 9 nitrogen and oxygen atoms in total. The Bertz CT molecular complexity index is 1460. The Morgan fingerprint density at radius 2 is 1.81 bits per heavy atom. The van der Waals surface area contributed by atoms with Crippen molar-refractivity contribution in [3.05, 3.63) is 65.7 Å². The summed E-state index contributed by atoms with van der Waals surface area (Å²) in [6.45, 7) is 4.74. The summed E-state index contributed by atoms with van der Waals surface area (Å²) in [5, 5.41) is 6.77. The number of hydrogen-bond acceptors (Lipinski definition) is 6. The van der Waals surface area contributed by atoms with E-state index < -0.39 is 35.7 Å². The van der Waals surface area contributed by atoms with Gasteiger partial charge in [0, 0.05) is 16.8 Å². The molecule has 3 amide bonds. The zero-order valence-electron chi connectivity index (χ0n) is 24.2. The molecule has 1 saturated carbocycles. The molecule has 4 heterocycles. The lowest BCUT2D eigenvalue weighted by Gasteiger charge is -2.38. The lowest BCUT2D eigenvalue weighted by Crippen LogP contribution is -2.59. The number of nitrogens with one attached hydrogen (secondary N) is 2. The topological polar surface area (TPSA) is 106 Å². The fourth-order valence-corrected chi connectivity index (χ4v) is 7.77. The second-order valence-corrected chi connectivity index (χ2v) is 13.0. The Morgan fingerprint density at radius 1 is 1.05 bits per heavy atom. The van der Waals surface area contributed by atoms with Gasteiger partial charge in [-0.05, 0) is 54.7 Å². The highest BCUT2D eigenvalue weighted by atomic mass is 35.5. The van der Waals surface area contributed by atoms with Crippen molar-refractivity contribution in [3.8, 4) is 11.5 Å². The molecule has 2 aromatic carbocycles. The molecule has 0 unspecified atom stereocenters. The van der Waals surface area contributed by atoms with E-state index in [-0.39, 0.29) is 36.9 Å². The number of hydrogen-bond donors (Lipinski definition) is 2. The van der Waals surface area contributed by atoms with E-state index in [1.807, 2.05) is 36.4 Å². The fourth-order valence-electron chi connectivity index (χ4n) is 7.64. The zero-order chi connectivity index (χ0) is 29.9. The first-order valence-electron chi connectivity index (χ1n) is 15.2. The first kappa shape index (κ1) is 28.2. The minimum Gasteiger partial charge on any atom is -0.486 e. The van der Waals surface area contributed by atoms with Gasteiger partial charge < -0.3 is 29.7 Å². The quantitative estimate of drug-likeness (QED) is 0.478. The minimum atomic E-state index is -1.26. The molecule has 1 aliphatic carbocycles. The maximum atomic E-state index is 14.4. The van der Waals surface area contributed by atoms with Gasteiger partial charge in [-0.3, -0.25) is 14.4 Å². The molecule has 0 radical (unpaired) electrons. The lowest BCUT2D eigenvalue weighted by molar-refractivity contribution is -0.143. The monoisotopic (exact) mass is 605 g/mol. The number of rotatable bonds is 6. The number of nitrogens with zero attached hydrogens (tertiary/aromatic N) is 1. The maximum absolute atomic E-state index is 14.4. The van der Waals surface area contributed by atoms with Crippen LogP contribution >= 0.6 is 11.6 Å². The van der Waals surface area contributed by atoms with Gasteiger partial charge in [-0.15, -0.1) is 0 Å². The van der Waals surface area contributed by atoms with Gasteiger partial charge in [-0.1, -0.05) is 62.6 Å². The van der Waals surface area contributed by atoms with E-state index >= 15 is 0 Å². The van der Waals surface area contributed by atoms with E-state index in [4.69, 9.17) is 25.8 Å². The molecule has 7 rings (SSSR count). The summed E-state index contributed by atoms with van der Waals surface area (Å²) in [6, 6.07) is 13.2. The van der Waals surface area contributed by atoms with Crippen molar-refractivity contribution in [2.75, 3.05) is 18.5 Å². The second-order valence-electron chi connectivity index (χ2n) is 12.6. The molecule has 9 atom stereocenters. The number of likely N-dealkylation sites (tertiary alicyclic amines) is 1. The smallest absolute Gasteiger partial charge is 0.246 e. The molecule has 10 heteroatoms. The summed E-state index contributed by atoms with van der Waals surface area (Å²) >= 11 is 6.03. The Morgan fingerprint density at radius 3 is 2.60 bits per heavy atom. The van der Waals surface area contributed by atoms with Gasteiger partial charge in [0.1, 0.15) is 18.2 Å². The van der Waals surface area contributed by atoms with E-state index in [1.54, 1.807) is 29.2 Å². The van der Waals surface area contributed by atoms with Crippen LogP contribution < -0.4 is 20.1 Å². The van der Waals surface area contributed by atoms with Crippen LogP contribution in [0.5, 0.6) is 11.5 Å². The van der Waals surface area contributed by atoms with Gasteiger partial charge in [-0.2, -0.15) is 0 Å². The molecule has 3 fully saturated rings. The third-order valence-electron chi connectivity index (χ3n) is 10.0. The van der Waals surface area contributed by atoms with E-state index in [0.29, 0.717) is 34.0 Å². The molecule has 2 aromatic rings. The number of fused-ring (bicyclic) bond motifs is 2. The van der Waals surface area contributed by atoms with Crippen LogP contribution in [0.4, 0.5) is 5.69 Å². The number of amides is 3. The fraction of sp³-hybridized carbons (Fsp3) is 0.485. The molecule has 2 N–H and O–H groups in total. The Balaban J connectivity index is 1.19. The van der Waals surface area contributed by atoms with Crippen molar-refractivity contribution in [1.82, 2.24) is 10.2 Å². The molecule has 2 bridgehead atoms. The number of anilines is 1. The van der Waals surface area contributed by atoms with E-state index in [9.17, 15) is 14.4 Å². The first-order valence-corrected chi connectivity index (χ1v) is 15.6. The summed E-state index contributed by atoms with van der Waals surface area (Å²) in [7, 11) is 0. The number of benzene rings is 2. The normalized spacial score (nSPS) is 35.5. The van der Waals surface area contributed by atoms with E-state index in [0.717, 1.165) is 19.3 Å². The van der Waals surface area contributed by atoms with Gasteiger partial charge in [0.2, 0.25) is 17.7 Å². The molecular weight excluding hydrogens is 570 g/mol. The van der Waals surface area contributed by atoms with Crippen LogP contribution in [0.1, 0.15) is 33.1 Å². The van der Waals surface area contributed by atoms with Crippen molar-refractivity contribution < 1.29 is 28.6 Å². The maximum Gasteiger partial charge on any atom is 0.246 e. The largest absolute Gasteiger partial charge is 0.486 e. The van der Waals surface area contributed by atoms with Crippen LogP contribution in [0.15, 0.2) is 60.7 Å². The number of halogens is 1. The molecule has 1 spiro atoms. The molecule has 5 aliphatic rings. The van der Waals surface area contributed by atoms with Gasteiger partial charge in [0.15, 0.2) is 17.6 Å². The van der Waals surface area contributed by atoms with Gasteiger partial charge in [0.05, 0.1) is 24.5 Å². The number of carbonyl (C=O) groups is 3. The highest BCUT2D eigenvalue weighted by molar-refractivity contribution is 6.30. The second kappa shape index (κ2) is 10.9. The number of carbonyl (C=O) groups excluding carboxylic acids is 3. The standard InChI is InChI=1S/C33H36ClN3O6/c1-18-6-5-7-23(19(18)2)36-31(39)29-33-15-14-26(43-33)27(30(38)35-21-12-10-20(34)11-13-21)28(33)32(40)37(29)16-22-17-41-24-8-3-4-9-25(24)42-22/h3-4,8-15,18-19,22-23,26-29H,5-7,16-17H2,1-2H3,(H,35,38)(H,36,39)/t18-,19-,22-,23+,26-,27+,28-,29+,33+/m1/s1. The summed E-state index contributed by atoms with van der Waals surface area (Å²) in [5.74, 6) is -0.530. The lowest BCUT2D eigenvalue weighted by atomic mass is 9.73. The average molecular weight is 606 g/mol. The van der Waals surface area contributed by atoms with Crippen molar-refractivity contribution >= 4 is 35.0 Å². The van der Waals surface area contributed by atoms with Crippen molar-refractivity contribution in [2.24, 2.45) is 23.7 Å². The molecule has 4 aliphatic heterocycles. The summed E-state index contributed by atoms with van der Waals surface area (Å²) < 4.78 is 18.6. The predicted octanol–water partition coefficient (Wildman–Crippen LogP) is 4.21. The third-order valence-corrected chi connectivity index (χ3v) is 10.3. The van der Waals surface area contributed by atoms with Gasteiger partial charge >= 0.3 is 0 Å².